The molecule has 1 unspecified atom stereocenters. The second kappa shape index (κ2) is 4.93. The van der Waals surface area contributed by atoms with Crippen molar-refractivity contribution >= 4 is 5.69 Å². The third-order valence-corrected chi connectivity index (χ3v) is 3.17. The average Bonchev–Trinajstić information content (AvgIpc) is 2.99. The summed E-state index contributed by atoms with van der Waals surface area (Å²) in [6.07, 6.45) is 0.991. The molecule has 1 aromatic carbocycles. The molecular weight excluding hydrogens is 249 g/mol. The Morgan fingerprint density at radius 2 is 2.32 bits per heavy atom. The van der Waals surface area contributed by atoms with Crippen molar-refractivity contribution < 1.29 is 9.13 Å². The van der Waals surface area contributed by atoms with Gasteiger partial charge < -0.3 is 10.5 Å². The van der Waals surface area contributed by atoms with Crippen molar-refractivity contribution in [2.24, 2.45) is 5.92 Å². The fourth-order valence-corrected chi connectivity index (χ4v) is 2.25. The van der Waals surface area contributed by atoms with Crippen LogP contribution in [0, 0.1) is 11.7 Å². The van der Waals surface area contributed by atoms with Crippen LogP contribution in [-0.2, 0) is 11.3 Å². The number of nitrogen functional groups attached to an aromatic ring is 1. The molecular formula is C12H14FN5O. The lowest BCUT2D eigenvalue weighted by Crippen LogP contribution is -2.13. The summed E-state index contributed by atoms with van der Waals surface area (Å²) >= 11 is 0. The van der Waals surface area contributed by atoms with Gasteiger partial charge in [-0.25, -0.2) is 9.07 Å². The molecule has 2 N–H and O–H groups in total. The molecule has 3 rings (SSSR count). The second-order valence-corrected chi connectivity index (χ2v) is 4.69. The Balaban J connectivity index is 1.90. The summed E-state index contributed by atoms with van der Waals surface area (Å²) in [4.78, 5) is 0. The molecule has 0 spiro atoms. The van der Waals surface area contributed by atoms with E-state index in [9.17, 15) is 4.39 Å². The minimum absolute atomic E-state index is 0.355. The number of nitrogens with zero attached hydrogens (tertiary/aromatic N) is 4. The number of hydrogen-bond acceptors (Lipinski definition) is 5. The van der Waals surface area contributed by atoms with Crippen molar-refractivity contribution in [3.05, 3.63) is 24.0 Å². The van der Waals surface area contributed by atoms with Gasteiger partial charge in [-0.2, -0.15) is 0 Å². The Morgan fingerprint density at radius 3 is 3.05 bits per heavy atom. The van der Waals surface area contributed by atoms with Crippen molar-refractivity contribution in [3.8, 4) is 11.4 Å². The largest absolute Gasteiger partial charge is 0.399 e. The molecule has 2 heterocycles. The van der Waals surface area contributed by atoms with Crippen LogP contribution in [-0.4, -0.2) is 33.4 Å². The predicted octanol–water partition coefficient (Wildman–Crippen LogP) is 1.10. The third-order valence-electron chi connectivity index (χ3n) is 3.17. The van der Waals surface area contributed by atoms with Crippen LogP contribution in [0.1, 0.15) is 6.42 Å². The summed E-state index contributed by atoms with van der Waals surface area (Å²) in [5.41, 5.74) is 6.58. The number of halogens is 1. The van der Waals surface area contributed by atoms with Crippen LogP contribution < -0.4 is 5.73 Å². The van der Waals surface area contributed by atoms with E-state index in [1.807, 2.05) is 0 Å². The van der Waals surface area contributed by atoms with Gasteiger partial charge in [-0.1, -0.05) is 0 Å². The summed E-state index contributed by atoms with van der Waals surface area (Å²) in [6.45, 7) is 2.15. The van der Waals surface area contributed by atoms with Crippen LogP contribution in [0.2, 0.25) is 0 Å². The van der Waals surface area contributed by atoms with Crippen LogP contribution in [0.4, 0.5) is 10.1 Å². The van der Waals surface area contributed by atoms with E-state index in [0.29, 0.717) is 36.1 Å². The van der Waals surface area contributed by atoms with Gasteiger partial charge in [0, 0.05) is 23.8 Å². The first-order valence-electron chi connectivity index (χ1n) is 6.13. The van der Waals surface area contributed by atoms with Crippen LogP contribution in [0.3, 0.4) is 0 Å². The molecule has 2 aromatic rings. The van der Waals surface area contributed by atoms with Crippen LogP contribution in [0.25, 0.3) is 11.4 Å². The van der Waals surface area contributed by atoms with Crippen molar-refractivity contribution in [1.29, 1.82) is 0 Å². The molecule has 1 fully saturated rings. The highest BCUT2D eigenvalue weighted by atomic mass is 19.1. The monoisotopic (exact) mass is 263 g/mol. The zero-order valence-corrected chi connectivity index (χ0v) is 10.3. The minimum Gasteiger partial charge on any atom is -0.399 e. The molecule has 1 aliphatic rings. The normalized spacial score (nSPS) is 18.9. The number of rotatable bonds is 3. The molecule has 0 bridgehead atoms. The molecule has 6 nitrogen and oxygen atoms in total. The van der Waals surface area contributed by atoms with Crippen LogP contribution in [0.15, 0.2) is 18.2 Å². The fourth-order valence-electron chi connectivity index (χ4n) is 2.25. The van der Waals surface area contributed by atoms with Gasteiger partial charge in [-0.3, -0.25) is 0 Å². The average molecular weight is 263 g/mol. The maximum Gasteiger partial charge on any atom is 0.182 e. The first-order valence-corrected chi connectivity index (χ1v) is 6.13. The first kappa shape index (κ1) is 12.0. The topological polar surface area (TPSA) is 78.9 Å². The van der Waals surface area contributed by atoms with Gasteiger partial charge in [0.1, 0.15) is 5.82 Å². The molecule has 100 valence electrons. The molecule has 1 aliphatic heterocycles. The van der Waals surface area contributed by atoms with E-state index in [2.05, 4.69) is 15.5 Å². The Hall–Kier alpha value is -2.02. The van der Waals surface area contributed by atoms with Crippen LogP contribution in [0.5, 0.6) is 0 Å². The van der Waals surface area contributed by atoms with Crippen molar-refractivity contribution in [3.63, 3.8) is 0 Å². The number of aromatic nitrogens is 4. The summed E-state index contributed by atoms with van der Waals surface area (Å²) in [5.74, 6) is 0.528. The Labute approximate surface area is 109 Å². The van der Waals surface area contributed by atoms with Crippen molar-refractivity contribution in [1.82, 2.24) is 20.2 Å². The number of tetrazole rings is 1. The molecule has 0 amide bonds. The smallest absolute Gasteiger partial charge is 0.182 e. The summed E-state index contributed by atoms with van der Waals surface area (Å²) in [5, 5.41) is 11.6. The summed E-state index contributed by atoms with van der Waals surface area (Å²) in [6, 6.07) is 4.31. The highest BCUT2D eigenvalue weighted by molar-refractivity contribution is 5.61. The Kier molecular flexibility index (Phi) is 3.12. The summed E-state index contributed by atoms with van der Waals surface area (Å²) in [7, 11) is 0. The van der Waals surface area contributed by atoms with E-state index < -0.39 is 5.82 Å². The van der Waals surface area contributed by atoms with Gasteiger partial charge in [0.15, 0.2) is 5.82 Å². The molecule has 0 aliphatic carbocycles. The quantitative estimate of drug-likeness (QED) is 0.839. The third kappa shape index (κ3) is 2.55. The molecule has 0 saturated carbocycles. The minimum atomic E-state index is -0.395. The second-order valence-electron chi connectivity index (χ2n) is 4.69. The van der Waals surface area contributed by atoms with Gasteiger partial charge in [0.25, 0.3) is 0 Å². The lowest BCUT2D eigenvalue weighted by molar-refractivity contribution is 0.181. The molecule has 19 heavy (non-hydrogen) atoms. The van der Waals surface area contributed by atoms with E-state index in [-0.39, 0.29) is 0 Å². The number of benzene rings is 1. The first-order chi connectivity index (χ1) is 9.22. The van der Waals surface area contributed by atoms with E-state index in [0.717, 1.165) is 13.0 Å². The predicted molar refractivity (Wildman–Crippen MR) is 66.5 cm³/mol. The lowest BCUT2D eigenvalue weighted by Gasteiger charge is -2.09. The zero-order valence-electron chi connectivity index (χ0n) is 10.3. The van der Waals surface area contributed by atoms with Gasteiger partial charge in [-0.05, 0) is 35.0 Å². The maximum atomic E-state index is 13.4. The fraction of sp³-hybridized carbons (Fsp3) is 0.417. The van der Waals surface area contributed by atoms with Gasteiger partial charge in [0.05, 0.1) is 13.2 Å². The maximum absolute atomic E-state index is 13.4. The van der Waals surface area contributed by atoms with Crippen LogP contribution >= 0.6 is 0 Å². The Morgan fingerprint density at radius 1 is 1.42 bits per heavy atom. The Bertz CT molecular complexity index is 559. The number of nitrogens with two attached hydrogens (primary N) is 1. The number of anilines is 1. The SMILES string of the molecule is Nc1cc(F)cc(-c2nnnn2CC2CCOC2)c1. The number of ether oxygens (including phenoxy) is 1. The molecule has 1 aromatic heterocycles. The van der Waals surface area contributed by atoms with Gasteiger partial charge in [0.2, 0.25) is 0 Å². The molecule has 1 atom stereocenters. The molecule has 7 heteroatoms. The highest BCUT2D eigenvalue weighted by Crippen LogP contribution is 2.22. The van der Waals surface area contributed by atoms with E-state index in [1.54, 1.807) is 10.7 Å². The number of hydrogen-bond donors (Lipinski definition) is 1. The zero-order chi connectivity index (χ0) is 13.2. The van der Waals surface area contributed by atoms with E-state index in [4.69, 9.17) is 10.5 Å². The highest BCUT2D eigenvalue weighted by Gasteiger charge is 2.19. The van der Waals surface area contributed by atoms with Crippen molar-refractivity contribution in [2.75, 3.05) is 18.9 Å². The molecule has 1 saturated heterocycles. The standard InChI is InChI=1S/C12H14FN5O/c13-10-3-9(4-11(14)5-10)12-15-16-17-18(12)6-8-1-2-19-7-8/h3-5,8H,1-2,6-7,14H2. The van der Waals surface area contributed by atoms with Gasteiger partial charge >= 0.3 is 0 Å². The summed E-state index contributed by atoms with van der Waals surface area (Å²) < 4.78 is 20.4. The molecule has 0 radical (unpaired) electrons. The lowest BCUT2D eigenvalue weighted by atomic mass is 10.1. The van der Waals surface area contributed by atoms with Crippen molar-refractivity contribution in [2.45, 2.75) is 13.0 Å². The van der Waals surface area contributed by atoms with E-state index >= 15 is 0 Å². The van der Waals surface area contributed by atoms with Gasteiger partial charge in [-0.15, -0.1) is 5.10 Å². The van der Waals surface area contributed by atoms with E-state index in [1.165, 1.54) is 12.1 Å².